The Hall–Kier alpha value is -1.46. The first kappa shape index (κ1) is 12.6. The molecule has 0 radical (unpaired) electrons. The van der Waals surface area contributed by atoms with Crippen molar-refractivity contribution in [3.63, 3.8) is 0 Å². The highest BCUT2D eigenvalue weighted by atomic mass is 16.6. The van der Waals surface area contributed by atoms with Gasteiger partial charge >= 0.3 is 0 Å². The average Bonchev–Trinajstić information content (AvgIpc) is 2.15. The lowest BCUT2D eigenvalue weighted by Gasteiger charge is -2.16. The third-order valence-corrected chi connectivity index (χ3v) is 2.74. The van der Waals surface area contributed by atoms with Crippen LogP contribution in [0, 0.1) is 30.9 Å². The Morgan fingerprint density at radius 3 is 2.44 bits per heavy atom. The number of rotatable bonds is 3. The molecule has 0 aliphatic rings. The molecule has 0 saturated heterocycles. The first-order chi connectivity index (χ1) is 7.40. The van der Waals surface area contributed by atoms with Crippen molar-refractivity contribution in [2.75, 3.05) is 6.61 Å². The molecular formula is C11H16N2O3. The van der Waals surface area contributed by atoms with Crippen LogP contribution in [0.3, 0.4) is 0 Å². The summed E-state index contributed by atoms with van der Waals surface area (Å²) >= 11 is 0. The number of benzene rings is 1. The Balaban J connectivity index is 3.51. The highest BCUT2D eigenvalue weighted by molar-refractivity contribution is 5.54. The SMILES string of the molecule is Cc1cc(C)c([N+](=O)[O-])c(C)c1[C@@H](N)CO. The average molecular weight is 224 g/mol. The Morgan fingerprint density at radius 2 is 2.00 bits per heavy atom. The summed E-state index contributed by atoms with van der Waals surface area (Å²) in [6.07, 6.45) is 0. The van der Waals surface area contributed by atoms with Crippen LogP contribution in [0.4, 0.5) is 5.69 Å². The number of aliphatic hydroxyl groups is 1. The number of aryl methyl sites for hydroxylation is 2. The Morgan fingerprint density at radius 1 is 1.44 bits per heavy atom. The quantitative estimate of drug-likeness (QED) is 0.601. The minimum absolute atomic E-state index is 0.0875. The zero-order valence-electron chi connectivity index (χ0n) is 9.65. The summed E-state index contributed by atoms with van der Waals surface area (Å²) in [6.45, 7) is 4.99. The maximum atomic E-state index is 10.9. The van der Waals surface area contributed by atoms with Crippen molar-refractivity contribution in [1.29, 1.82) is 0 Å². The molecule has 16 heavy (non-hydrogen) atoms. The van der Waals surface area contributed by atoms with Crippen molar-refractivity contribution in [3.05, 3.63) is 38.4 Å². The molecule has 88 valence electrons. The maximum absolute atomic E-state index is 10.9. The molecule has 1 aromatic carbocycles. The molecule has 3 N–H and O–H groups in total. The summed E-state index contributed by atoms with van der Waals surface area (Å²) in [5.41, 5.74) is 8.54. The van der Waals surface area contributed by atoms with E-state index in [0.717, 1.165) is 5.56 Å². The van der Waals surface area contributed by atoms with Gasteiger partial charge in [0.15, 0.2) is 0 Å². The number of nitro groups is 1. The molecule has 0 aromatic heterocycles. The number of aliphatic hydroxyl groups excluding tert-OH is 1. The van der Waals surface area contributed by atoms with Crippen molar-refractivity contribution < 1.29 is 10.0 Å². The van der Waals surface area contributed by atoms with Gasteiger partial charge in [-0.25, -0.2) is 0 Å². The van der Waals surface area contributed by atoms with Gasteiger partial charge in [0, 0.05) is 11.1 Å². The van der Waals surface area contributed by atoms with Gasteiger partial charge in [-0.2, -0.15) is 0 Å². The second-order valence-corrected chi connectivity index (χ2v) is 3.94. The van der Waals surface area contributed by atoms with Crippen molar-refractivity contribution in [1.82, 2.24) is 0 Å². The molecule has 0 aliphatic heterocycles. The largest absolute Gasteiger partial charge is 0.394 e. The van der Waals surface area contributed by atoms with Crippen molar-refractivity contribution in [3.8, 4) is 0 Å². The topological polar surface area (TPSA) is 89.4 Å². The molecule has 0 heterocycles. The van der Waals surface area contributed by atoms with Crippen LogP contribution in [0.1, 0.15) is 28.3 Å². The first-order valence-electron chi connectivity index (χ1n) is 5.01. The van der Waals surface area contributed by atoms with Gasteiger partial charge < -0.3 is 10.8 Å². The molecule has 0 unspecified atom stereocenters. The number of hydrogen-bond donors (Lipinski definition) is 2. The summed E-state index contributed by atoms with van der Waals surface area (Å²) in [6, 6.07) is 1.16. The Kier molecular flexibility index (Phi) is 3.62. The minimum atomic E-state index is -0.570. The lowest BCUT2D eigenvalue weighted by molar-refractivity contribution is -0.386. The van der Waals surface area contributed by atoms with Crippen LogP contribution in [0.25, 0.3) is 0 Å². The van der Waals surface area contributed by atoms with Crippen LogP contribution < -0.4 is 5.73 Å². The van der Waals surface area contributed by atoms with E-state index in [1.807, 2.05) is 6.92 Å². The van der Waals surface area contributed by atoms with E-state index in [2.05, 4.69) is 0 Å². The molecule has 0 amide bonds. The fourth-order valence-electron chi connectivity index (χ4n) is 2.13. The number of nitrogens with zero attached hydrogens (tertiary/aromatic N) is 1. The van der Waals surface area contributed by atoms with Gasteiger partial charge in [-0.05, 0) is 38.0 Å². The maximum Gasteiger partial charge on any atom is 0.275 e. The van der Waals surface area contributed by atoms with Gasteiger partial charge in [-0.3, -0.25) is 10.1 Å². The number of nitrogens with two attached hydrogens (primary N) is 1. The molecule has 5 heteroatoms. The normalized spacial score (nSPS) is 12.6. The van der Waals surface area contributed by atoms with E-state index in [4.69, 9.17) is 10.8 Å². The molecule has 1 atom stereocenters. The fourth-order valence-corrected chi connectivity index (χ4v) is 2.13. The van der Waals surface area contributed by atoms with Crippen LogP contribution >= 0.6 is 0 Å². The molecular weight excluding hydrogens is 208 g/mol. The summed E-state index contributed by atoms with van der Waals surface area (Å²) in [7, 11) is 0. The predicted molar refractivity (Wildman–Crippen MR) is 61.3 cm³/mol. The molecule has 0 spiro atoms. The van der Waals surface area contributed by atoms with E-state index >= 15 is 0 Å². The lowest BCUT2D eigenvalue weighted by Crippen LogP contribution is -2.18. The summed E-state index contributed by atoms with van der Waals surface area (Å²) in [5, 5.41) is 20.0. The summed E-state index contributed by atoms with van der Waals surface area (Å²) in [4.78, 5) is 10.5. The fraction of sp³-hybridized carbons (Fsp3) is 0.455. The highest BCUT2D eigenvalue weighted by Crippen LogP contribution is 2.31. The molecule has 1 aromatic rings. The second kappa shape index (κ2) is 4.59. The van der Waals surface area contributed by atoms with E-state index in [1.54, 1.807) is 19.9 Å². The predicted octanol–water partition coefficient (Wildman–Crippen LogP) is 1.51. The van der Waals surface area contributed by atoms with Crippen molar-refractivity contribution in [2.24, 2.45) is 5.73 Å². The Labute approximate surface area is 94.0 Å². The van der Waals surface area contributed by atoms with Crippen LogP contribution in [-0.2, 0) is 0 Å². The van der Waals surface area contributed by atoms with E-state index < -0.39 is 11.0 Å². The second-order valence-electron chi connectivity index (χ2n) is 3.94. The van der Waals surface area contributed by atoms with Crippen LogP contribution in [-0.4, -0.2) is 16.6 Å². The Bertz CT molecular complexity index is 430. The van der Waals surface area contributed by atoms with E-state index in [0.29, 0.717) is 16.7 Å². The van der Waals surface area contributed by atoms with Gasteiger partial charge in [-0.1, -0.05) is 0 Å². The van der Waals surface area contributed by atoms with Gasteiger partial charge in [0.05, 0.1) is 17.6 Å². The molecule has 0 bridgehead atoms. The molecule has 5 nitrogen and oxygen atoms in total. The first-order valence-corrected chi connectivity index (χ1v) is 5.01. The van der Waals surface area contributed by atoms with Gasteiger partial charge in [-0.15, -0.1) is 0 Å². The van der Waals surface area contributed by atoms with Crippen LogP contribution in [0.2, 0.25) is 0 Å². The number of hydrogen-bond acceptors (Lipinski definition) is 4. The molecule has 0 aliphatic carbocycles. The third kappa shape index (κ3) is 2.05. The zero-order chi connectivity index (χ0) is 12.5. The van der Waals surface area contributed by atoms with E-state index in [-0.39, 0.29) is 12.3 Å². The molecule has 1 rings (SSSR count). The monoisotopic (exact) mass is 224 g/mol. The van der Waals surface area contributed by atoms with Crippen molar-refractivity contribution >= 4 is 5.69 Å². The van der Waals surface area contributed by atoms with E-state index in [1.165, 1.54) is 0 Å². The lowest BCUT2D eigenvalue weighted by atomic mass is 9.93. The zero-order valence-corrected chi connectivity index (χ0v) is 9.65. The van der Waals surface area contributed by atoms with Gasteiger partial charge in [0.1, 0.15) is 0 Å². The summed E-state index contributed by atoms with van der Waals surface area (Å²) < 4.78 is 0. The number of nitro benzene ring substituents is 1. The van der Waals surface area contributed by atoms with Gasteiger partial charge in [0.2, 0.25) is 0 Å². The molecule has 0 fully saturated rings. The smallest absolute Gasteiger partial charge is 0.275 e. The molecule has 0 saturated carbocycles. The minimum Gasteiger partial charge on any atom is -0.394 e. The van der Waals surface area contributed by atoms with Crippen LogP contribution in [0.15, 0.2) is 6.07 Å². The van der Waals surface area contributed by atoms with E-state index in [9.17, 15) is 10.1 Å². The third-order valence-electron chi connectivity index (χ3n) is 2.74. The van der Waals surface area contributed by atoms with Crippen LogP contribution in [0.5, 0.6) is 0 Å². The standard InChI is InChI=1S/C11H16N2O3/c1-6-4-7(2)11(13(15)16)8(3)10(6)9(12)5-14/h4,9,14H,5,12H2,1-3H3/t9-/m0/s1. The highest BCUT2D eigenvalue weighted by Gasteiger charge is 2.22. The van der Waals surface area contributed by atoms with Gasteiger partial charge in [0.25, 0.3) is 5.69 Å². The van der Waals surface area contributed by atoms with Crippen molar-refractivity contribution in [2.45, 2.75) is 26.8 Å². The summed E-state index contributed by atoms with van der Waals surface area (Å²) in [5.74, 6) is 0.